The molecule has 0 aliphatic carbocycles. The van der Waals surface area contributed by atoms with Crippen LogP contribution < -0.4 is 5.43 Å². The van der Waals surface area contributed by atoms with E-state index in [4.69, 9.17) is 9.26 Å². The van der Waals surface area contributed by atoms with Crippen LogP contribution in [0, 0.1) is 11.2 Å². The van der Waals surface area contributed by atoms with Gasteiger partial charge in [0.25, 0.3) is 11.8 Å². The number of carbonyl (C=O) groups is 2. The third kappa shape index (κ3) is 7.51. The highest BCUT2D eigenvalue weighted by Crippen LogP contribution is 2.35. The Labute approximate surface area is 291 Å². The first-order chi connectivity index (χ1) is 24.5. The van der Waals surface area contributed by atoms with E-state index in [-0.39, 0.29) is 24.2 Å². The number of ether oxygens (including phenoxy) is 1. The Morgan fingerprint density at radius 1 is 0.780 bits per heavy atom. The first kappa shape index (κ1) is 33.3. The lowest BCUT2D eigenvalue weighted by molar-refractivity contribution is -0.168. The van der Waals surface area contributed by atoms with Crippen molar-refractivity contribution >= 4 is 11.9 Å². The number of amides is 1. The maximum Gasteiger partial charge on any atom is 0.322 e. The minimum absolute atomic E-state index is 0.133. The normalized spacial score (nSPS) is 16.5. The number of nitrogens with zero attached hydrogens (tertiary/aromatic N) is 4. The van der Waals surface area contributed by atoms with Gasteiger partial charge in [-0.3, -0.25) is 19.9 Å². The lowest BCUT2D eigenvalue weighted by atomic mass is 9.77. The zero-order chi connectivity index (χ0) is 34.3. The number of carbonyl (C=O) groups excluding carboxylic acids is 2. The van der Waals surface area contributed by atoms with Gasteiger partial charge in [-0.05, 0) is 54.5 Å². The van der Waals surface area contributed by atoms with Gasteiger partial charge in [0.05, 0.1) is 0 Å². The number of hydrogen-bond donors (Lipinski definition) is 1. The molecule has 3 heterocycles. The summed E-state index contributed by atoms with van der Waals surface area (Å²) < 4.78 is 26.2. The van der Waals surface area contributed by atoms with E-state index in [9.17, 15) is 14.0 Å². The van der Waals surface area contributed by atoms with Crippen LogP contribution in [-0.4, -0.2) is 58.1 Å². The lowest BCUT2D eigenvalue weighted by Crippen LogP contribution is -2.57. The molecule has 1 amide bonds. The zero-order valence-electron chi connectivity index (χ0n) is 27.9. The minimum Gasteiger partial charge on any atom is -0.460 e. The Morgan fingerprint density at radius 2 is 1.46 bits per heavy atom. The highest BCUT2D eigenvalue weighted by atomic mass is 19.1. The number of hydrogen-bond acceptors (Lipinski definition) is 8. The molecule has 4 aromatic carbocycles. The van der Waals surface area contributed by atoms with Crippen LogP contribution in [0.15, 0.2) is 108 Å². The summed E-state index contributed by atoms with van der Waals surface area (Å²) >= 11 is 0. The number of aromatic nitrogens is 2. The van der Waals surface area contributed by atoms with E-state index in [1.54, 1.807) is 12.1 Å². The summed E-state index contributed by atoms with van der Waals surface area (Å²) in [5, 5.41) is 6.08. The van der Waals surface area contributed by atoms with E-state index in [0.717, 1.165) is 54.6 Å². The van der Waals surface area contributed by atoms with Gasteiger partial charge >= 0.3 is 5.97 Å². The van der Waals surface area contributed by atoms with Crippen LogP contribution in [0.2, 0.25) is 0 Å². The van der Waals surface area contributed by atoms with Crippen LogP contribution in [0.25, 0.3) is 34.0 Å². The average Bonchev–Trinajstić information content (AvgIpc) is 3.66. The molecule has 256 valence electrons. The maximum absolute atomic E-state index is 15.0. The van der Waals surface area contributed by atoms with Crippen molar-refractivity contribution in [3.63, 3.8) is 0 Å². The molecule has 0 spiro atoms. The predicted octanol–water partition coefficient (Wildman–Crippen LogP) is 7.05. The molecule has 1 N–H and O–H groups in total. The summed E-state index contributed by atoms with van der Waals surface area (Å²) in [4.78, 5) is 34.2. The highest BCUT2D eigenvalue weighted by Gasteiger charge is 2.50. The van der Waals surface area contributed by atoms with E-state index in [1.165, 1.54) is 6.07 Å². The van der Waals surface area contributed by atoms with Crippen LogP contribution >= 0.6 is 0 Å². The van der Waals surface area contributed by atoms with Gasteiger partial charge in [0.1, 0.15) is 17.8 Å². The van der Waals surface area contributed by atoms with E-state index < -0.39 is 11.4 Å². The first-order valence-electron chi connectivity index (χ1n) is 17.2. The maximum atomic E-state index is 15.0. The Balaban J connectivity index is 0.984. The Morgan fingerprint density at radius 3 is 2.16 bits per heavy atom. The number of piperidine rings is 2. The largest absolute Gasteiger partial charge is 0.460 e. The molecule has 9 nitrogen and oxygen atoms in total. The molecule has 5 aromatic rings. The number of nitrogens with one attached hydrogen (secondary N) is 1. The standard InChI is InChI=1S/C40H40FN5O4/c41-35-26-33(18-19-34(35)31-12-6-2-7-13-31)37-42-36(44-50-37)32-16-14-29(15-17-32)27-45-24-20-40(21-25-45,38(47)43-46-22-8-3-9-23-46)39(48)49-28-30-10-4-1-5-11-30/h1-2,4-7,10-19,26H,3,8-9,20-25,27-28H2,(H,43,47). The van der Waals surface area contributed by atoms with Crippen molar-refractivity contribution < 1.29 is 23.2 Å². The van der Waals surface area contributed by atoms with Crippen molar-refractivity contribution in [1.82, 2.24) is 25.5 Å². The number of rotatable bonds is 10. The fourth-order valence-corrected chi connectivity index (χ4v) is 6.71. The number of halogens is 1. The summed E-state index contributed by atoms with van der Waals surface area (Å²) in [5.41, 5.74) is 6.36. The second kappa shape index (κ2) is 15.1. The zero-order valence-corrected chi connectivity index (χ0v) is 27.9. The fourth-order valence-electron chi connectivity index (χ4n) is 6.71. The quantitative estimate of drug-likeness (QED) is 0.124. The SMILES string of the molecule is O=C(NN1CCCCC1)C1(C(=O)OCc2ccccc2)CCN(Cc2ccc(-c3noc(-c4ccc(-c5ccccc5)c(F)c4)n3)cc2)CC1. The molecule has 0 unspecified atom stereocenters. The highest BCUT2D eigenvalue weighted by molar-refractivity contribution is 6.02. The third-order valence-electron chi connectivity index (χ3n) is 9.71. The van der Waals surface area contributed by atoms with E-state index in [1.807, 2.05) is 89.9 Å². The fraction of sp³-hybridized carbons (Fsp3) is 0.300. The Kier molecular flexibility index (Phi) is 10.1. The van der Waals surface area contributed by atoms with Crippen molar-refractivity contribution in [1.29, 1.82) is 0 Å². The number of esters is 1. The molecule has 7 rings (SSSR count). The molecule has 1 aromatic heterocycles. The van der Waals surface area contributed by atoms with Gasteiger partial charge in [0, 0.05) is 49.4 Å². The average molecular weight is 674 g/mol. The molecule has 2 aliphatic heterocycles. The summed E-state index contributed by atoms with van der Waals surface area (Å²) in [7, 11) is 0. The van der Waals surface area contributed by atoms with Crippen LogP contribution in [-0.2, 0) is 27.5 Å². The van der Waals surface area contributed by atoms with Crippen LogP contribution in [0.3, 0.4) is 0 Å². The van der Waals surface area contributed by atoms with Gasteiger partial charge in [0.15, 0.2) is 0 Å². The molecule has 50 heavy (non-hydrogen) atoms. The molecule has 2 fully saturated rings. The smallest absolute Gasteiger partial charge is 0.322 e. The van der Waals surface area contributed by atoms with Crippen molar-refractivity contribution in [3.05, 3.63) is 120 Å². The molecule has 2 aliphatic rings. The number of benzene rings is 4. The van der Waals surface area contributed by atoms with Gasteiger partial charge in [-0.25, -0.2) is 9.40 Å². The minimum atomic E-state index is -1.24. The van der Waals surface area contributed by atoms with Gasteiger partial charge in [-0.15, -0.1) is 0 Å². The second-order valence-corrected chi connectivity index (χ2v) is 13.1. The molecule has 0 saturated carbocycles. The van der Waals surface area contributed by atoms with E-state index >= 15 is 0 Å². The second-order valence-electron chi connectivity index (χ2n) is 13.1. The Bertz CT molecular complexity index is 1900. The van der Waals surface area contributed by atoms with Gasteiger partial charge in [0.2, 0.25) is 5.82 Å². The summed E-state index contributed by atoms with van der Waals surface area (Å²) in [6, 6.07) is 31.7. The van der Waals surface area contributed by atoms with Gasteiger partial charge < -0.3 is 9.26 Å². The van der Waals surface area contributed by atoms with E-state index in [2.05, 4.69) is 20.5 Å². The molecule has 10 heteroatoms. The Hall–Kier alpha value is -5.19. The van der Waals surface area contributed by atoms with Gasteiger partial charge in [-0.1, -0.05) is 103 Å². The van der Waals surface area contributed by atoms with Crippen LogP contribution in [0.5, 0.6) is 0 Å². The molecule has 0 atom stereocenters. The first-order valence-corrected chi connectivity index (χ1v) is 17.2. The monoisotopic (exact) mass is 673 g/mol. The molecule has 0 radical (unpaired) electrons. The van der Waals surface area contributed by atoms with E-state index in [0.29, 0.717) is 49.4 Å². The molecule has 2 saturated heterocycles. The summed E-state index contributed by atoms with van der Waals surface area (Å²) in [5.74, 6) is -0.439. The van der Waals surface area contributed by atoms with Gasteiger partial charge in [-0.2, -0.15) is 4.98 Å². The van der Waals surface area contributed by atoms with Crippen LogP contribution in [0.4, 0.5) is 4.39 Å². The van der Waals surface area contributed by atoms with Crippen molar-refractivity contribution in [2.24, 2.45) is 5.41 Å². The topological polar surface area (TPSA) is 101 Å². The van der Waals surface area contributed by atoms with Crippen molar-refractivity contribution in [3.8, 4) is 34.0 Å². The molecule has 0 bridgehead atoms. The number of hydrazine groups is 1. The predicted molar refractivity (Wildman–Crippen MR) is 187 cm³/mol. The third-order valence-corrected chi connectivity index (χ3v) is 9.71. The van der Waals surface area contributed by atoms with Crippen LogP contribution in [0.1, 0.15) is 43.2 Å². The number of likely N-dealkylation sites (tertiary alicyclic amines) is 1. The molecular weight excluding hydrogens is 633 g/mol. The summed E-state index contributed by atoms with van der Waals surface area (Å²) in [6.45, 7) is 3.51. The van der Waals surface area contributed by atoms with Crippen molar-refractivity contribution in [2.75, 3.05) is 26.2 Å². The summed E-state index contributed by atoms with van der Waals surface area (Å²) in [6.07, 6.45) is 3.94. The lowest BCUT2D eigenvalue weighted by Gasteiger charge is -2.40. The van der Waals surface area contributed by atoms with Crippen molar-refractivity contribution in [2.45, 2.75) is 45.3 Å². The molecular formula is C40H40FN5O4.